The minimum absolute atomic E-state index is 0.120. The van der Waals surface area contributed by atoms with Crippen LogP contribution in [0.25, 0.3) is 0 Å². The molecule has 0 fully saturated rings. The van der Waals surface area contributed by atoms with Crippen LogP contribution in [0.2, 0.25) is 0 Å². The van der Waals surface area contributed by atoms with E-state index in [1.54, 1.807) is 0 Å². The number of hydrogen-bond acceptors (Lipinski definition) is 6. The summed E-state index contributed by atoms with van der Waals surface area (Å²) in [6.45, 7) is 6.23. The first-order valence-electron chi connectivity index (χ1n) is 26.2. The van der Waals surface area contributed by atoms with Gasteiger partial charge in [0.05, 0.1) is 0 Å². The summed E-state index contributed by atoms with van der Waals surface area (Å²) in [5.41, 5.74) is 0. The zero-order chi connectivity index (χ0) is 48.6. The molecule has 372 valence electrons. The highest BCUT2D eigenvalue weighted by Crippen LogP contribution is 2.13. The molecule has 0 saturated carbocycles. The lowest BCUT2D eigenvalue weighted by Gasteiger charge is -2.18. The van der Waals surface area contributed by atoms with E-state index in [1.807, 2.05) is 122 Å². The Kier molecular flexibility index (Phi) is 49.7. The van der Waals surface area contributed by atoms with E-state index < -0.39 is 6.10 Å². The normalized spacial score (nSPS) is 13.4. The quantitative estimate of drug-likeness (QED) is 0.0199. The molecule has 6 nitrogen and oxygen atoms in total. The van der Waals surface area contributed by atoms with Crippen molar-refractivity contribution in [1.29, 1.82) is 0 Å². The largest absolute Gasteiger partial charge is 0.462 e. The Bertz CT molecular complexity index is 1570. The number of allylic oxidation sites excluding steroid dienone is 26. The first-order valence-corrected chi connectivity index (χ1v) is 26.2. The van der Waals surface area contributed by atoms with Gasteiger partial charge in [-0.15, -0.1) is 0 Å². The summed E-state index contributed by atoms with van der Waals surface area (Å²) in [5, 5.41) is 0. The van der Waals surface area contributed by atoms with Crippen LogP contribution >= 0.6 is 0 Å². The Morgan fingerprint density at radius 1 is 0.313 bits per heavy atom. The summed E-state index contributed by atoms with van der Waals surface area (Å²) < 4.78 is 16.7. The van der Waals surface area contributed by atoms with Crippen molar-refractivity contribution in [3.05, 3.63) is 158 Å². The summed E-state index contributed by atoms with van der Waals surface area (Å²) in [4.78, 5) is 38.0. The average molecular weight is 921 g/mol. The topological polar surface area (TPSA) is 78.9 Å². The van der Waals surface area contributed by atoms with Gasteiger partial charge in [-0.2, -0.15) is 0 Å². The second kappa shape index (κ2) is 53.6. The molecule has 0 aromatic rings. The van der Waals surface area contributed by atoms with Crippen molar-refractivity contribution in [2.45, 2.75) is 194 Å². The third-order valence-electron chi connectivity index (χ3n) is 10.3. The average Bonchev–Trinajstić information content (AvgIpc) is 3.33. The molecule has 0 bridgehead atoms. The van der Waals surface area contributed by atoms with Gasteiger partial charge < -0.3 is 14.2 Å². The maximum absolute atomic E-state index is 12.8. The molecule has 0 radical (unpaired) electrons. The van der Waals surface area contributed by atoms with Crippen molar-refractivity contribution >= 4 is 17.9 Å². The summed E-state index contributed by atoms with van der Waals surface area (Å²) in [6, 6.07) is 0. The van der Waals surface area contributed by atoms with Gasteiger partial charge in [-0.25, -0.2) is 0 Å². The molecule has 0 aliphatic rings. The molecular formula is C61H92O6. The standard InChI is InChI=1S/C61H92O6/c1-4-7-10-13-16-19-22-25-28-29-30-31-34-36-39-42-45-48-51-54-60(63)66-57-58(67-61(64)55-52-49-46-43-40-37-33-27-24-21-18-15-12-9-6-3)56-65-59(62)53-50-47-44-41-38-35-32-26-23-20-17-14-11-8-5-2/h7,9-10,12-13,15-16,18-25,27-31,33-34,36-37,39-40,58H,4-6,8,11,14,17,26,32,35,38,41-57H2,1-3H3/b10-7-,12-9-,16-13-,18-15-,22-19-,23-20-,24-21-,28-25-,30-29+,33-27-,34-31-,39-36-,40-37-. The molecule has 0 N–H and O–H groups in total. The Labute approximate surface area is 409 Å². The van der Waals surface area contributed by atoms with E-state index >= 15 is 0 Å². The van der Waals surface area contributed by atoms with Crippen LogP contribution in [0.3, 0.4) is 0 Å². The number of hydrogen-bond donors (Lipinski definition) is 0. The molecule has 0 saturated heterocycles. The lowest BCUT2D eigenvalue weighted by Crippen LogP contribution is -2.30. The fourth-order valence-electron chi connectivity index (χ4n) is 6.44. The number of unbranched alkanes of at least 4 members (excludes halogenated alkanes) is 17. The number of ether oxygens (including phenoxy) is 3. The Hall–Kier alpha value is -4.97. The van der Waals surface area contributed by atoms with Crippen molar-refractivity contribution in [1.82, 2.24) is 0 Å². The second-order valence-electron chi connectivity index (χ2n) is 16.6. The minimum atomic E-state index is -0.829. The van der Waals surface area contributed by atoms with Crippen LogP contribution in [0.1, 0.15) is 188 Å². The van der Waals surface area contributed by atoms with Gasteiger partial charge in [-0.1, -0.05) is 243 Å². The molecule has 0 amide bonds. The van der Waals surface area contributed by atoms with Crippen LogP contribution in [-0.4, -0.2) is 37.2 Å². The Morgan fingerprint density at radius 3 is 0.970 bits per heavy atom. The van der Waals surface area contributed by atoms with E-state index in [0.717, 1.165) is 70.6 Å². The van der Waals surface area contributed by atoms with Gasteiger partial charge in [-0.3, -0.25) is 14.4 Å². The molecule has 0 aromatic carbocycles. The third-order valence-corrected chi connectivity index (χ3v) is 10.3. The SMILES string of the molecule is CC\C=C/C=C\C=C/C=C\C=C/CCCCCC(=O)OC(COC(=O)CCCCC\C=C/C=C\C=C\C=C/C=C\C=C/C=C\CC)COC(=O)CCCCCCCCC/C=C\CCCCCC. The first kappa shape index (κ1) is 62.0. The molecule has 0 aliphatic heterocycles. The lowest BCUT2D eigenvalue weighted by molar-refractivity contribution is -0.167. The van der Waals surface area contributed by atoms with Gasteiger partial charge in [0.25, 0.3) is 0 Å². The summed E-state index contributed by atoms with van der Waals surface area (Å²) >= 11 is 0. The molecule has 0 aliphatic carbocycles. The number of esters is 3. The Morgan fingerprint density at radius 2 is 0.597 bits per heavy atom. The highest BCUT2D eigenvalue weighted by molar-refractivity contribution is 5.71. The van der Waals surface area contributed by atoms with E-state index in [1.165, 1.54) is 64.2 Å². The van der Waals surface area contributed by atoms with Gasteiger partial charge in [0.2, 0.25) is 0 Å². The molecule has 1 unspecified atom stereocenters. The van der Waals surface area contributed by atoms with E-state index in [4.69, 9.17) is 14.2 Å². The van der Waals surface area contributed by atoms with Crippen molar-refractivity contribution in [2.24, 2.45) is 0 Å². The zero-order valence-corrected chi connectivity index (χ0v) is 42.3. The highest BCUT2D eigenvalue weighted by Gasteiger charge is 2.19. The lowest BCUT2D eigenvalue weighted by atomic mass is 10.1. The van der Waals surface area contributed by atoms with Crippen LogP contribution in [0.5, 0.6) is 0 Å². The molecule has 0 spiro atoms. The smallest absolute Gasteiger partial charge is 0.306 e. The van der Waals surface area contributed by atoms with Crippen molar-refractivity contribution in [3.63, 3.8) is 0 Å². The number of carbonyl (C=O) groups excluding carboxylic acids is 3. The summed E-state index contributed by atoms with van der Waals surface area (Å²) in [7, 11) is 0. The zero-order valence-electron chi connectivity index (χ0n) is 42.3. The number of carbonyl (C=O) groups is 3. The molecule has 0 aromatic heterocycles. The molecule has 0 heterocycles. The molecular weight excluding hydrogens is 829 g/mol. The van der Waals surface area contributed by atoms with Gasteiger partial charge in [-0.05, 0) is 83.5 Å². The molecule has 6 heteroatoms. The van der Waals surface area contributed by atoms with Crippen molar-refractivity contribution < 1.29 is 28.6 Å². The van der Waals surface area contributed by atoms with Crippen LogP contribution in [0.15, 0.2) is 158 Å². The highest BCUT2D eigenvalue weighted by atomic mass is 16.6. The molecule has 1 atom stereocenters. The minimum Gasteiger partial charge on any atom is -0.462 e. The summed E-state index contributed by atoms with van der Waals surface area (Å²) in [6.07, 6.45) is 77.9. The van der Waals surface area contributed by atoms with Crippen molar-refractivity contribution in [3.8, 4) is 0 Å². The predicted molar refractivity (Wildman–Crippen MR) is 288 cm³/mol. The fraction of sp³-hybridized carbons (Fsp3) is 0.525. The van der Waals surface area contributed by atoms with Gasteiger partial charge in [0, 0.05) is 19.3 Å². The first-order chi connectivity index (χ1) is 33.0. The fourth-order valence-corrected chi connectivity index (χ4v) is 6.44. The molecule has 67 heavy (non-hydrogen) atoms. The van der Waals surface area contributed by atoms with Gasteiger partial charge in [0.15, 0.2) is 6.10 Å². The third kappa shape index (κ3) is 51.9. The maximum Gasteiger partial charge on any atom is 0.306 e. The maximum atomic E-state index is 12.8. The molecule has 0 rings (SSSR count). The van der Waals surface area contributed by atoms with E-state index in [9.17, 15) is 14.4 Å². The Balaban J connectivity index is 4.61. The van der Waals surface area contributed by atoms with E-state index in [2.05, 4.69) is 57.2 Å². The number of rotatable bonds is 44. The monoisotopic (exact) mass is 921 g/mol. The summed E-state index contributed by atoms with van der Waals surface area (Å²) in [5.74, 6) is -1.03. The van der Waals surface area contributed by atoms with Crippen molar-refractivity contribution in [2.75, 3.05) is 13.2 Å². The van der Waals surface area contributed by atoms with Gasteiger partial charge >= 0.3 is 17.9 Å². The van der Waals surface area contributed by atoms with E-state index in [0.29, 0.717) is 19.3 Å². The predicted octanol–water partition coefficient (Wildman–Crippen LogP) is 17.4. The van der Waals surface area contributed by atoms with Crippen LogP contribution in [-0.2, 0) is 28.6 Å². The second-order valence-corrected chi connectivity index (χ2v) is 16.6. The van der Waals surface area contributed by atoms with Crippen LogP contribution in [0.4, 0.5) is 0 Å². The van der Waals surface area contributed by atoms with Crippen LogP contribution < -0.4 is 0 Å². The van der Waals surface area contributed by atoms with Gasteiger partial charge in [0.1, 0.15) is 13.2 Å². The van der Waals surface area contributed by atoms with Crippen LogP contribution in [0, 0.1) is 0 Å². The van der Waals surface area contributed by atoms with E-state index in [-0.39, 0.29) is 44.0 Å².